The summed E-state index contributed by atoms with van der Waals surface area (Å²) in [6, 6.07) is 14.8. The summed E-state index contributed by atoms with van der Waals surface area (Å²) < 4.78 is 0. The summed E-state index contributed by atoms with van der Waals surface area (Å²) in [6.07, 6.45) is 5.89. The van der Waals surface area contributed by atoms with E-state index in [4.69, 9.17) is 0 Å². The SMILES string of the molecule is CCc1cccc(C(C)(O)c2ccc3c(c2)CCCC3)c1. The second-order valence-corrected chi connectivity index (χ2v) is 6.32. The molecule has 0 spiro atoms. The Bertz CT molecular complexity index is 640. The van der Waals surface area contributed by atoms with Gasteiger partial charge in [0, 0.05) is 0 Å². The Kier molecular flexibility index (Phi) is 3.86. The quantitative estimate of drug-likeness (QED) is 0.884. The van der Waals surface area contributed by atoms with Gasteiger partial charge < -0.3 is 5.11 Å². The third kappa shape index (κ3) is 2.75. The first-order chi connectivity index (χ1) is 10.1. The zero-order chi connectivity index (χ0) is 14.9. The second-order valence-electron chi connectivity index (χ2n) is 6.32. The zero-order valence-electron chi connectivity index (χ0n) is 13.0. The molecule has 1 unspecified atom stereocenters. The number of benzene rings is 2. The van der Waals surface area contributed by atoms with Gasteiger partial charge in [-0.2, -0.15) is 0 Å². The van der Waals surface area contributed by atoms with Crippen LogP contribution in [0.15, 0.2) is 42.5 Å². The highest BCUT2D eigenvalue weighted by molar-refractivity contribution is 5.42. The Morgan fingerprint density at radius 1 is 0.952 bits per heavy atom. The van der Waals surface area contributed by atoms with Gasteiger partial charge in [0.05, 0.1) is 0 Å². The van der Waals surface area contributed by atoms with E-state index in [-0.39, 0.29) is 0 Å². The highest BCUT2D eigenvalue weighted by atomic mass is 16.3. The normalized spacial score (nSPS) is 17.1. The van der Waals surface area contributed by atoms with Crippen molar-refractivity contribution in [3.8, 4) is 0 Å². The summed E-state index contributed by atoms with van der Waals surface area (Å²) in [5.41, 5.74) is 5.23. The smallest absolute Gasteiger partial charge is 0.112 e. The molecular weight excluding hydrogens is 256 g/mol. The maximum atomic E-state index is 11.1. The molecule has 21 heavy (non-hydrogen) atoms. The third-order valence-corrected chi connectivity index (χ3v) is 4.81. The molecule has 2 aromatic carbocycles. The summed E-state index contributed by atoms with van der Waals surface area (Å²) >= 11 is 0. The van der Waals surface area contributed by atoms with Crippen molar-refractivity contribution >= 4 is 0 Å². The number of fused-ring (bicyclic) bond motifs is 1. The Hall–Kier alpha value is -1.60. The van der Waals surface area contributed by atoms with Crippen LogP contribution in [0.3, 0.4) is 0 Å². The lowest BCUT2D eigenvalue weighted by atomic mass is 9.83. The van der Waals surface area contributed by atoms with E-state index >= 15 is 0 Å². The predicted octanol–water partition coefficient (Wildman–Crippen LogP) is 4.38. The minimum atomic E-state index is -0.919. The second kappa shape index (κ2) is 5.65. The lowest BCUT2D eigenvalue weighted by Crippen LogP contribution is -2.23. The number of aryl methyl sites for hydroxylation is 3. The van der Waals surface area contributed by atoms with Crippen molar-refractivity contribution in [3.05, 3.63) is 70.3 Å². The van der Waals surface area contributed by atoms with Crippen LogP contribution in [0.25, 0.3) is 0 Å². The van der Waals surface area contributed by atoms with Crippen molar-refractivity contribution in [1.29, 1.82) is 0 Å². The van der Waals surface area contributed by atoms with Crippen molar-refractivity contribution in [2.24, 2.45) is 0 Å². The lowest BCUT2D eigenvalue weighted by Gasteiger charge is -2.27. The summed E-state index contributed by atoms with van der Waals surface area (Å²) in [6.45, 7) is 4.05. The fraction of sp³-hybridized carbons (Fsp3) is 0.400. The fourth-order valence-corrected chi connectivity index (χ4v) is 3.30. The van der Waals surface area contributed by atoms with Crippen molar-refractivity contribution in [1.82, 2.24) is 0 Å². The van der Waals surface area contributed by atoms with Crippen LogP contribution in [0.1, 0.15) is 54.5 Å². The number of rotatable bonds is 3. The van der Waals surface area contributed by atoms with E-state index in [9.17, 15) is 5.11 Å². The van der Waals surface area contributed by atoms with Crippen LogP contribution in [0.4, 0.5) is 0 Å². The first kappa shape index (κ1) is 14.3. The van der Waals surface area contributed by atoms with Gasteiger partial charge in [-0.15, -0.1) is 0 Å². The highest BCUT2D eigenvalue weighted by Crippen LogP contribution is 2.32. The van der Waals surface area contributed by atoms with Crippen LogP contribution in [-0.2, 0) is 24.9 Å². The van der Waals surface area contributed by atoms with E-state index in [0.717, 1.165) is 24.0 Å². The monoisotopic (exact) mass is 280 g/mol. The molecular formula is C20H24O. The number of hydrogen-bond donors (Lipinski definition) is 1. The van der Waals surface area contributed by atoms with Crippen LogP contribution in [0.5, 0.6) is 0 Å². The topological polar surface area (TPSA) is 20.2 Å². The summed E-state index contributed by atoms with van der Waals surface area (Å²) in [5, 5.41) is 11.1. The van der Waals surface area contributed by atoms with Crippen LogP contribution < -0.4 is 0 Å². The van der Waals surface area contributed by atoms with Crippen molar-refractivity contribution < 1.29 is 5.11 Å². The van der Waals surface area contributed by atoms with Crippen LogP contribution in [0, 0.1) is 0 Å². The van der Waals surface area contributed by atoms with Gasteiger partial charge >= 0.3 is 0 Å². The van der Waals surface area contributed by atoms with E-state index in [2.05, 4.69) is 37.3 Å². The molecule has 0 amide bonds. The molecule has 3 rings (SSSR count). The third-order valence-electron chi connectivity index (χ3n) is 4.81. The van der Waals surface area contributed by atoms with Crippen molar-refractivity contribution in [3.63, 3.8) is 0 Å². The molecule has 1 heteroatoms. The molecule has 0 heterocycles. The molecule has 1 aliphatic carbocycles. The zero-order valence-corrected chi connectivity index (χ0v) is 13.0. The van der Waals surface area contributed by atoms with E-state index in [0.29, 0.717) is 0 Å². The van der Waals surface area contributed by atoms with Crippen molar-refractivity contribution in [2.45, 2.75) is 51.6 Å². The predicted molar refractivity (Wildman–Crippen MR) is 87.6 cm³/mol. The average molecular weight is 280 g/mol. The van der Waals surface area contributed by atoms with Crippen molar-refractivity contribution in [2.75, 3.05) is 0 Å². The molecule has 0 saturated heterocycles. The minimum Gasteiger partial charge on any atom is -0.381 e. The van der Waals surface area contributed by atoms with Crippen LogP contribution in [-0.4, -0.2) is 5.11 Å². The lowest BCUT2D eigenvalue weighted by molar-refractivity contribution is 0.102. The van der Waals surface area contributed by atoms with Crippen LogP contribution in [0.2, 0.25) is 0 Å². The minimum absolute atomic E-state index is 0.919. The van der Waals surface area contributed by atoms with E-state index in [1.54, 1.807) is 0 Å². The molecule has 0 radical (unpaired) electrons. The van der Waals surface area contributed by atoms with E-state index < -0.39 is 5.60 Å². The summed E-state index contributed by atoms with van der Waals surface area (Å²) in [5.74, 6) is 0. The standard InChI is InChI=1S/C20H24O/c1-3-15-7-6-10-18(13-15)20(2,21)19-12-11-16-8-4-5-9-17(16)14-19/h6-7,10-14,21H,3-5,8-9H2,1-2H3. The van der Waals surface area contributed by atoms with Gasteiger partial charge in [0.2, 0.25) is 0 Å². The maximum absolute atomic E-state index is 11.1. The molecule has 0 fully saturated rings. The molecule has 2 aromatic rings. The number of hydrogen-bond acceptors (Lipinski definition) is 1. The Morgan fingerprint density at radius 2 is 1.67 bits per heavy atom. The van der Waals surface area contributed by atoms with Gasteiger partial charge in [0.25, 0.3) is 0 Å². The highest BCUT2D eigenvalue weighted by Gasteiger charge is 2.26. The molecule has 0 bridgehead atoms. The maximum Gasteiger partial charge on any atom is 0.112 e. The van der Waals surface area contributed by atoms with Crippen LogP contribution >= 0.6 is 0 Å². The molecule has 1 nitrogen and oxygen atoms in total. The van der Waals surface area contributed by atoms with Gasteiger partial charge in [-0.05, 0) is 66.8 Å². The number of aliphatic hydroxyl groups is 1. The van der Waals surface area contributed by atoms with E-state index in [1.165, 1.54) is 36.0 Å². The molecule has 0 aliphatic heterocycles. The molecule has 0 aromatic heterocycles. The largest absolute Gasteiger partial charge is 0.381 e. The Balaban J connectivity index is 2.00. The molecule has 1 atom stereocenters. The first-order valence-corrected chi connectivity index (χ1v) is 8.05. The Morgan fingerprint density at radius 3 is 2.43 bits per heavy atom. The molecule has 1 aliphatic rings. The summed E-state index contributed by atoms with van der Waals surface area (Å²) in [4.78, 5) is 0. The molecule has 1 N–H and O–H groups in total. The summed E-state index contributed by atoms with van der Waals surface area (Å²) in [7, 11) is 0. The molecule has 0 saturated carbocycles. The first-order valence-electron chi connectivity index (χ1n) is 8.05. The fourth-order valence-electron chi connectivity index (χ4n) is 3.30. The van der Waals surface area contributed by atoms with Gasteiger partial charge in [0.15, 0.2) is 0 Å². The van der Waals surface area contributed by atoms with E-state index in [1.807, 2.05) is 19.1 Å². The van der Waals surface area contributed by atoms with Gasteiger partial charge in [-0.3, -0.25) is 0 Å². The van der Waals surface area contributed by atoms with Gasteiger partial charge in [-0.25, -0.2) is 0 Å². The van der Waals surface area contributed by atoms with Gasteiger partial charge in [0.1, 0.15) is 5.60 Å². The molecule has 110 valence electrons. The Labute approximate surface area is 127 Å². The van der Waals surface area contributed by atoms with Gasteiger partial charge in [-0.1, -0.05) is 49.4 Å². The average Bonchev–Trinajstić information content (AvgIpc) is 2.54.